The van der Waals surface area contributed by atoms with E-state index in [0.29, 0.717) is 12.1 Å². The normalized spacial score (nSPS) is 16.7. The Kier molecular flexibility index (Phi) is 5.99. The predicted molar refractivity (Wildman–Crippen MR) is 79.4 cm³/mol. The molecule has 1 aromatic rings. The van der Waals surface area contributed by atoms with E-state index in [1.165, 1.54) is 18.9 Å². The summed E-state index contributed by atoms with van der Waals surface area (Å²) >= 11 is 0. The summed E-state index contributed by atoms with van der Waals surface area (Å²) in [6.07, 6.45) is 1.94. The number of amides is 1. The summed E-state index contributed by atoms with van der Waals surface area (Å²) in [6.45, 7) is 5.81. The average molecular weight is 294 g/mol. The van der Waals surface area contributed by atoms with Crippen molar-refractivity contribution >= 4 is 6.09 Å². The Morgan fingerprint density at radius 2 is 2.10 bits per heavy atom. The van der Waals surface area contributed by atoms with E-state index in [4.69, 9.17) is 4.74 Å². The molecule has 0 radical (unpaired) electrons. The molecular weight excluding hydrogens is 271 g/mol. The molecule has 1 aliphatic rings. The summed E-state index contributed by atoms with van der Waals surface area (Å²) in [4.78, 5) is 13.9. The maximum Gasteiger partial charge on any atom is 0.407 e. The van der Waals surface area contributed by atoms with Gasteiger partial charge >= 0.3 is 6.09 Å². The fourth-order valence-corrected chi connectivity index (χ4v) is 2.41. The Labute approximate surface area is 125 Å². The van der Waals surface area contributed by atoms with Gasteiger partial charge in [-0.3, -0.25) is 0 Å². The number of nitrogens with one attached hydrogen (secondary N) is 1. The highest BCUT2D eigenvalue weighted by Crippen LogP contribution is 2.15. The zero-order chi connectivity index (χ0) is 15.1. The van der Waals surface area contributed by atoms with Crippen LogP contribution in [0, 0.1) is 11.7 Å². The fraction of sp³-hybridized carbons (Fsp3) is 0.562. The van der Waals surface area contributed by atoms with Gasteiger partial charge in [0.15, 0.2) is 0 Å². The van der Waals surface area contributed by atoms with Crippen molar-refractivity contribution < 1.29 is 13.9 Å². The van der Waals surface area contributed by atoms with Crippen molar-refractivity contribution in [1.82, 2.24) is 10.2 Å². The molecule has 0 aromatic heterocycles. The Morgan fingerprint density at radius 3 is 2.81 bits per heavy atom. The summed E-state index contributed by atoms with van der Waals surface area (Å²) in [5, 5.41) is 2.71. The number of benzene rings is 1. The van der Waals surface area contributed by atoms with Gasteiger partial charge in [-0.2, -0.15) is 0 Å². The number of hydrogen-bond acceptors (Lipinski definition) is 3. The first-order valence-electron chi connectivity index (χ1n) is 7.51. The Hall–Kier alpha value is -1.62. The highest BCUT2D eigenvalue weighted by molar-refractivity contribution is 5.67. The van der Waals surface area contributed by atoms with E-state index in [0.717, 1.165) is 25.6 Å². The van der Waals surface area contributed by atoms with Crippen LogP contribution < -0.4 is 5.32 Å². The van der Waals surface area contributed by atoms with Gasteiger partial charge in [0.1, 0.15) is 12.4 Å². The molecule has 1 N–H and O–H groups in total. The van der Waals surface area contributed by atoms with Crippen molar-refractivity contribution in [1.29, 1.82) is 0 Å². The summed E-state index contributed by atoms with van der Waals surface area (Å²) < 4.78 is 18.4. The molecule has 1 fully saturated rings. The molecule has 5 heteroatoms. The molecule has 1 aromatic carbocycles. The second kappa shape index (κ2) is 7.98. The van der Waals surface area contributed by atoms with Gasteiger partial charge < -0.3 is 15.0 Å². The molecule has 4 nitrogen and oxygen atoms in total. The minimum Gasteiger partial charge on any atom is -0.445 e. The SMILES string of the molecule is CC1CCN(CCNC(=O)OCc2ccccc2F)CC1. The first-order valence-corrected chi connectivity index (χ1v) is 7.51. The van der Waals surface area contributed by atoms with Crippen molar-refractivity contribution in [3.8, 4) is 0 Å². The highest BCUT2D eigenvalue weighted by atomic mass is 19.1. The minimum absolute atomic E-state index is 0.0419. The average Bonchev–Trinajstić information content (AvgIpc) is 2.48. The first kappa shape index (κ1) is 15.8. The zero-order valence-electron chi connectivity index (χ0n) is 12.5. The molecule has 0 bridgehead atoms. The predicted octanol–water partition coefficient (Wildman–Crippen LogP) is 2.78. The van der Waals surface area contributed by atoms with E-state index in [9.17, 15) is 9.18 Å². The van der Waals surface area contributed by atoms with Gasteiger partial charge in [-0.05, 0) is 37.9 Å². The molecule has 1 saturated heterocycles. The van der Waals surface area contributed by atoms with Crippen LogP contribution in [-0.4, -0.2) is 37.2 Å². The molecule has 0 unspecified atom stereocenters. The Bertz CT molecular complexity index is 459. The van der Waals surface area contributed by atoms with Crippen LogP contribution in [0.25, 0.3) is 0 Å². The molecule has 0 spiro atoms. The van der Waals surface area contributed by atoms with Crippen molar-refractivity contribution in [3.63, 3.8) is 0 Å². The third kappa shape index (κ3) is 5.34. The summed E-state index contributed by atoms with van der Waals surface area (Å²) in [7, 11) is 0. The van der Waals surface area contributed by atoms with Crippen molar-refractivity contribution in [2.45, 2.75) is 26.4 Å². The van der Waals surface area contributed by atoms with Gasteiger partial charge in [-0.15, -0.1) is 0 Å². The Morgan fingerprint density at radius 1 is 1.38 bits per heavy atom. The van der Waals surface area contributed by atoms with E-state index >= 15 is 0 Å². The van der Waals surface area contributed by atoms with Gasteiger partial charge in [0.25, 0.3) is 0 Å². The molecule has 1 amide bonds. The largest absolute Gasteiger partial charge is 0.445 e. The third-order valence-corrected chi connectivity index (χ3v) is 3.89. The molecule has 0 aliphatic carbocycles. The standard InChI is InChI=1S/C16H23FN2O2/c1-13-6-9-19(10-7-13)11-8-18-16(20)21-12-14-4-2-3-5-15(14)17/h2-5,13H,6-12H2,1H3,(H,18,20). The molecule has 116 valence electrons. The number of nitrogens with zero attached hydrogens (tertiary/aromatic N) is 1. The number of carbonyl (C=O) groups is 1. The monoisotopic (exact) mass is 294 g/mol. The van der Waals surface area contributed by atoms with E-state index in [-0.39, 0.29) is 12.4 Å². The lowest BCUT2D eigenvalue weighted by molar-refractivity contribution is 0.134. The molecule has 0 atom stereocenters. The van der Waals surface area contributed by atoms with Gasteiger partial charge in [-0.1, -0.05) is 25.1 Å². The van der Waals surface area contributed by atoms with Crippen LogP contribution in [0.4, 0.5) is 9.18 Å². The van der Waals surface area contributed by atoms with Crippen LogP contribution in [0.1, 0.15) is 25.3 Å². The number of piperidine rings is 1. The topological polar surface area (TPSA) is 41.6 Å². The number of alkyl carbamates (subject to hydrolysis) is 1. The van der Waals surface area contributed by atoms with Gasteiger partial charge in [0.2, 0.25) is 0 Å². The number of carbonyl (C=O) groups excluding carboxylic acids is 1. The molecule has 21 heavy (non-hydrogen) atoms. The lowest BCUT2D eigenvalue weighted by atomic mass is 9.99. The number of likely N-dealkylation sites (tertiary alicyclic amines) is 1. The molecule has 1 heterocycles. The number of hydrogen-bond donors (Lipinski definition) is 1. The van der Waals surface area contributed by atoms with Crippen LogP contribution >= 0.6 is 0 Å². The van der Waals surface area contributed by atoms with Crippen LogP contribution in [0.15, 0.2) is 24.3 Å². The van der Waals surface area contributed by atoms with Crippen LogP contribution in [0.5, 0.6) is 0 Å². The molecule has 0 saturated carbocycles. The quantitative estimate of drug-likeness (QED) is 0.908. The number of ether oxygens (including phenoxy) is 1. The third-order valence-electron chi connectivity index (χ3n) is 3.89. The number of halogens is 1. The van der Waals surface area contributed by atoms with Crippen LogP contribution in [0.3, 0.4) is 0 Å². The van der Waals surface area contributed by atoms with Crippen molar-refractivity contribution in [2.24, 2.45) is 5.92 Å². The number of rotatable bonds is 5. The molecule has 2 rings (SSSR count). The van der Waals surface area contributed by atoms with Crippen molar-refractivity contribution in [2.75, 3.05) is 26.2 Å². The fourth-order valence-electron chi connectivity index (χ4n) is 2.41. The smallest absolute Gasteiger partial charge is 0.407 e. The Balaban J connectivity index is 1.61. The first-order chi connectivity index (χ1) is 10.1. The van der Waals surface area contributed by atoms with E-state index in [1.807, 2.05) is 0 Å². The van der Waals surface area contributed by atoms with Crippen molar-refractivity contribution in [3.05, 3.63) is 35.6 Å². The maximum absolute atomic E-state index is 13.3. The zero-order valence-corrected chi connectivity index (χ0v) is 12.5. The second-order valence-electron chi connectivity index (χ2n) is 5.62. The van der Waals surface area contributed by atoms with Gasteiger partial charge in [0, 0.05) is 18.7 Å². The summed E-state index contributed by atoms with van der Waals surface area (Å²) in [5.41, 5.74) is 0.387. The highest BCUT2D eigenvalue weighted by Gasteiger charge is 2.15. The minimum atomic E-state index is -0.497. The lowest BCUT2D eigenvalue weighted by Crippen LogP contribution is -2.39. The lowest BCUT2D eigenvalue weighted by Gasteiger charge is -2.29. The van der Waals surface area contributed by atoms with Gasteiger partial charge in [0.05, 0.1) is 0 Å². The van der Waals surface area contributed by atoms with E-state index < -0.39 is 6.09 Å². The van der Waals surface area contributed by atoms with E-state index in [2.05, 4.69) is 17.1 Å². The van der Waals surface area contributed by atoms with Gasteiger partial charge in [-0.25, -0.2) is 9.18 Å². The second-order valence-corrected chi connectivity index (χ2v) is 5.62. The van der Waals surface area contributed by atoms with E-state index in [1.54, 1.807) is 18.2 Å². The maximum atomic E-state index is 13.3. The van der Waals surface area contributed by atoms with Crippen LogP contribution in [0.2, 0.25) is 0 Å². The molecule has 1 aliphatic heterocycles. The van der Waals surface area contributed by atoms with Crippen LogP contribution in [-0.2, 0) is 11.3 Å². The summed E-state index contributed by atoms with van der Waals surface area (Å²) in [6, 6.07) is 6.29. The molecular formula is C16H23FN2O2. The summed E-state index contributed by atoms with van der Waals surface area (Å²) in [5.74, 6) is 0.452.